The Labute approximate surface area is 101 Å². The maximum atomic E-state index is 13.6. The van der Waals surface area contributed by atoms with Crippen molar-refractivity contribution in [2.45, 2.75) is 33.6 Å². The van der Waals surface area contributed by atoms with Crippen molar-refractivity contribution in [3.05, 3.63) is 17.2 Å². The minimum absolute atomic E-state index is 0.0666. The van der Waals surface area contributed by atoms with Crippen LogP contribution in [0.1, 0.15) is 43.2 Å². The minimum Gasteiger partial charge on any atom is -0.365 e. The van der Waals surface area contributed by atoms with Crippen molar-refractivity contribution in [1.29, 1.82) is 0 Å². The molecule has 1 heterocycles. The van der Waals surface area contributed by atoms with Gasteiger partial charge >= 0.3 is 0 Å². The molecule has 5 heteroatoms. The van der Waals surface area contributed by atoms with E-state index in [1.165, 1.54) is 7.05 Å². The van der Waals surface area contributed by atoms with E-state index in [0.29, 0.717) is 24.0 Å². The van der Waals surface area contributed by atoms with E-state index in [-0.39, 0.29) is 5.56 Å². The van der Waals surface area contributed by atoms with Crippen LogP contribution in [0.4, 0.5) is 4.39 Å². The third kappa shape index (κ3) is 3.28. The monoisotopic (exact) mass is 241 g/mol. The van der Waals surface area contributed by atoms with Crippen LogP contribution in [0.25, 0.3) is 0 Å². The summed E-state index contributed by atoms with van der Waals surface area (Å²) < 4.78 is 14.7. The van der Waals surface area contributed by atoms with Crippen LogP contribution in [0.3, 0.4) is 0 Å². The number of rotatable bonds is 5. The zero-order valence-electron chi connectivity index (χ0n) is 10.8. The van der Waals surface area contributed by atoms with Gasteiger partial charge in [0.2, 0.25) is 5.95 Å². The Hall–Kier alpha value is -1.39. The van der Waals surface area contributed by atoms with E-state index in [0.717, 1.165) is 11.1 Å². The van der Waals surface area contributed by atoms with Gasteiger partial charge in [0, 0.05) is 7.05 Å². The lowest BCUT2D eigenvalue weighted by Gasteiger charge is -2.12. The highest BCUT2D eigenvalue weighted by Crippen LogP contribution is 2.19. The molecule has 2 N–H and O–H groups in total. The van der Waals surface area contributed by atoms with Crippen LogP contribution in [-0.2, 0) is 13.5 Å². The lowest BCUT2D eigenvalue weighted by Crippen LogP contribution is -2.16. The van der Waals surface area contributed by atoms with E-state index in [2.05, 4.69) is 25.9 Å². The van der Waals surface area contributed by atoms with Gasteiger partial charge in [-0.3, -0.25) is 4.79 Å². The molecule has 0 saturated carbocycles. The van der Waals surface area contributed by atoms with Crippen molar-refractivity contribution < 1.29 is 9.18 Å². The Bertz CT molecular complexity index is 412. The van der Waals surface area contributed by atoms with Crippen LogP contribution >= 0.6 is 0 Å². The summed E-state index contributed by atoms with van der Waals surface area (Å²) in [6.45, 7) is 6.33. The quantitative estimate of drug-likeness (QED) is 0.855. The predicted octanol–water partition coefficient (Wildman–Crippen LogP) is 1.88. The van der Waals surface area contributed by atoms with Crippen LogP contribution in [0.2, 0.25) is 0 Å². The molecule has 0 aliphatic rings. The maximum Gasteiger partial charge on any atom is 0.255 e. The lowest BCUT2D eigenvalue weighted by atomic mass is 9.93. The second-order valence-electron chi connectivity index (χ2n) is 5.04. The summed E-state index contributed by atoms with van der Waals surface area (Å²) >= 11 is 0. The molecule has 17 heavy (non-hydrogen) atoms. The number of carbonyl (C=O) groups is 1. The average Bonchev–Trinajstić information content (AvgIpc) is 2.40. The number of aromatic nitrogens is 2. The number of aryl methyl sites for hydroxylation is 1. The molecule has 96 valence electrons. The van der Waals surface area contributed by atoms with Gasteiger partial charge < -0.3 is 5.73 Å². The van der Waals surface area contributed by atoms with Gasteiger partial charge in [0.05, 0.1) is 5.69 Å². The molecule has 1 unspecified atom stereocenters. The molecular formula is C12H20FN3O. The Morgan fingerprint density at radius 3 is 2.53 bits per heavy atom. The number of hydrogen-bond acceptors (Lipinski definition) is 2. The molecule has 1 amide bonds. The van der Waals surface area contributed by atoms with Crippen LogP contribution in [0.15, 0.2) is 0 Å². The molecule has 1 aromatic rings. The maximum absolute atomic E-state index is 13.6. The number of nitrogens with zero attached hydrogens (tertiary/aromatic N) is 2. The van der Waals surface area contributed by atoms with Gasteiger partial charge in [-0.2, -0.15) is 9.49 Å². The van der Waals surface area contributed by atoms with Gasteiger partial charge in [-0.1, -0.05) is 20.8 Å². The fraction of sp³-hybridized carbons (Fsp3) is 0.667. The highest BCUT2D eigenvalue weighted by Gasteiger charge is 2.22. The highest BCUT2D eigenvalue weighted by molar-refractivity contribution is 5.94. The Morgan fingerprint density at radius 2 is 2.06 bits per heavy atom. The minimum atomic E-state index is -0.748. The first-order valence-electron chi connectivity index (χ1n) is 5.84. The summed E-state index contributed by atoms with van der Waals surface area (Å²) in [4.78, 5) is 11.2. The highest BCUT2D eigenvalue weighted by atomic mass is 19.1. The molecule has 1 rings (SSSR count). The van der Waals surface area contributed by atoms with Gasteiger partial charge in [-0.25, -0.2) is 4.68 Å². The van der Waals surface area contributed by atoms with Crippen LogP contribution in [-0.4, -0.2) is 15.7 Å². The summed E-state index contributed by atoms with van der Waals surface area (Å²) in [5, 5.41) is 4.02. The molecule has 0 bridgehead atoms. The molecule has 1 atom stereocenters. The molecule has 0 aliphatic carbocycles. The standard InChI is InChI=1S/C12H20FN3O/c1-7(2)5-8(3)6-9-10(12(14)17)11(13)16(4)15-9/h7-8H,5-6H2,1-4H3,(H2,14,17). The second-order valence-corrected chi connectivity index (χ2v) is 5.04. The SMILES string of the molecule is CC(C)CC(C)Cc1nn(C)c(F)c1C(N)=O. The van der Waals surface area contributed by atoms with E-state index in [1.807, 2.05) is 0 Å². The van der Waals surface area contributed by atoms with E-state index >= 15 is 0 Å². The third-order valence-corrected chi connectivity index (χ3v) is 2.71. The molecule has 1 aromatic heterocycles. The molecule has 4 nitrogen and oxygen atoms in total. The van der Waals surface area contributed by atoms with Crippen LogP contribution in [0.5, 0.6) is 0 Å². The molecule has 0 fully saturated rings. The summed E-state index contributed by atoms with van der Waals surface area (Å²) in [5.41, 5.74) is 5.57. The number of carbonyl (C=O) groups excluding carboxylic acids is 1. The zero-order valence-corrected chi connectivity index (χ0v) is 10.8. The Kier molecular flexibility index (Phi) is 4.26. The van der Waals surface area contributed by atoms with Gasteiger partial charge in [0.15, 0.2) is 0 Å². The van der Waals surface area contributed by atoms with Crippen molar-refractivity contribution in [2.24, 2.45) is 24.6 Å². The van der Waals surface area contributed by atoms with Crippen molar-refractivity contribution in [3.8, 4) is 0 Å². The van der Waals surface area contributed by atoms with Crippen molar-refractivity contribution in [1.82, 2.24) is 9.78 Å². The largest absolute Gasteiger partial charge is 0.365 e. The fourth-order valence-corrected chi connectivity index (χ4v) is 2.16. The first-order chi connectivity index (χ1) is 7.82. The first-order valence-corrected chi connectivity index (χ1v) is 5.84. The van der Waals surface area contributed by atoms with Crippen LogP contribution < -0.4 is 5.73 Å². The van der Waals surface area contributed by atoms with Crippen molar-refractivity contribution in [2.75, 3.05) is 0 Å². The van der Waals surface area contributed by atoms with Crippen molar-refractivity contribution >= 4 is 5.91 Å². The third-order valence-electron chi connectivity index (χ3n) is 2.71. The summed E-state index contributed by atoms with van der Waals surface area (Å²) in [6, 6.07) is 0. The predicted molar refractivity (Wildman–Crippen MR) is 64.0 cm³/mol. The molecular weight excluding hydrogens is 221 g/mol. The number of amides is 1. The van der Waals surface area contributed by atoms with Gasteiger partial charge in [0.1, 0.15) is 5.56 Å². The molecule has 0 spiro atoms. The average molecular weight is 241 g/mol. The van der Waals surface area contributed by atoms with Crippen LogP contribution in [0, 0.1) is 17.8 Å². The topological polar surface area (TPSA) is 60.9 Å². The van der Waals surface area contributed by atoms with Crippen molar-refractivity contribution in [3.63, 3.8) is 0 Å². The molecule has 0 saturated heterocycles. The van der Waals surface area contributed by atoms with Gasteiger partial charge in [-0.15, -0.1) is 0 Å². The van der Waals surface area contributed by atoms with E-state index < -0.39 is 11.9 Å². The van der Waals surface area contributed by atoms with E-state index in [4.69, 9.17) is 5.73 Å². The second kappa shape index (κ2) is 5.29. The first kappa shape index (κ1) is 13.7. The number of halogens is 1. The van der Waals surface area contributed by atoms with Gasteiger partial charge in [0.25, 0.3) is 5.91 Å². The van der Waals surface area contributed by atoms with E-state index in [9.17, 15) is 9.18 Å². The Balaban J connectivity index is 2.91. The smallest absolute Gasteiger partial charge is 0.255 e. The van der Waals surface area contributed by atoms with E-state index in [1.54, 1.807) is 0 Å². The lowest BCUT2D eigenvalue weighted by molar-refractivity contribution is 0.0995. The molecule has 0 radical (unpaired) electrons. The number of primary amides is 1. The Morgan fingerprint density at radius 1 is 1.47 bits per heavy atom. The number of hydrogen-bond donors (Lipinski definition) is 1. The fourth-order valence-electron chi connectivity index (χ4n) is 2.16. The summed E-state index contributed by atoms with van der Waals surface area (Å²) in [5.74, 6) is -0.482. The summed E-state index contributed by atoms with van der Waals surface area (Å²) in [7, 11) is 1.47. The summed E-state index contributed by atoms with van der Waals surface area (Å²) in [6.07, 6.45) is 1.59. The van der Waals surface area contributed by atoms with Gasteiger partial charge in [-0.05, 0) is 24.7 Å². The molecule has 0 aromatic carbocycles. The molecule has 0 aliphatic heterocycles. The normalized spacial score (nSPS) is 13.1. The zero-order chi connectivity index (χ0) is 13.2. The number of nitrogens with two attached hydrogens (primary N) is 1.